The van der Waals surface area contributed by atoms with Gasteiger partial charge in [-0.1, -0.05) is 194 Å². The fourth-order valence-corrected chi connectivity index (χ4v) is 9.68. The summed E-state index contributed by atoms with van der Waals surface area (Å²) in [6.45, 7) is 0. The molecule has 0 fully saturated rings. The molecule has 0 amide bonds. The van der Waals surface area contributed by atoms with Crippen LogP contribution in [0.2, 0.25) is 0 Å². The summed E-state index contributed by atoms with van der Waals surface area (Å²) in [5.41, 5.74) is 16.1. The van der Waals surface area contributed by atoms with E-state index in [1.807, 2.05) is 35.6 Å². The second-order valence-electron chi connectivity index (χ2n) is 15.2. The highest BCUT2D eigenvalue weighted by molar-refractivity contribution is 7.23. The third-order valence-corrected chi connectivity index (χ3v) is 12.5. The summed E-state index contributed by atoms with van der Waals surface area (Å²) >= 11 is 1.83. The van der Waals surface area contributed by atoms with Gasteiger partial charge >= 0.3 is 0 Å². The maximum atomic E-state index is 5.34. The van der Waals surface area contributed by atoms with Crippen molar-refractivity contribution in [2.45, 2.75) is 0 Å². The molecule has 11 rings (SSSR count). The third kappa shape index (κ3) is 6.99. The molecule has 0 aliphatic rings. The van der Waals surface area contributed by atoms with Crippen molar-refractivity contribution in [3.8, 4) is 89.0 Å². The second-order valence-corrected chi connectivity index (χ2v) is 16.2. The number of hydrogen-bond acceptors (Lipinski definition) is 4. The summed E-state index contributed by atoms with van der Waals surface area (Å²) < 4.78 is 1.18. The van der Waals surface area contributed by atoms with Crippen molar-refractivity contribution in [3.05, 3.63) is 224 Å². The van der Waals surface area contributed by atoms with Gasteiger partial charge in [-0.05, 0) is 63.7 Å². The monoisotopic (exact) mass is 795 g/mol. The minimum atomic E-state index is 0.704. The van der Waals surface area contributed by atoms with Crippen LogP contribution in [-0.4, -0.2) is 15.0 Å². The molecule has 0 N–H and O–H groups in total. The molecule has 3 nitrogen and oxygen atoms in total. The first-order chi connectivity index (χ1) is 30.2. The molecule has 0 aliphatic carbocycles. The van der Waals surface area contributed by atoms with Crippen molar-refractivity contribution in [2.24, 2.45) is 0 Å². The Morgan fingerprint density at radius 3 is 1.44 bits per heavy atom. The highest BCUT2D eigenvalue weighted by Gasteiger charge is 2.23. The van der Waals surface area contributed by atoms with Gasteiger partial charge in [-0.3, -0.25) is 0 Å². The molecule has 11 aromatic rings. The highest BCUT2D eigenvalue weighted by atomic mass is 32.1. The Labute approximate surface area is 359 Å². The van der Waals surface area contributed by atoms with Gasteiger partial charge in [-0.15, -0.1) is 11.3 Å². The van der Waals surface area contributed by atoms with E-state index in [-0.39, 0.29) is 0 Å². The topological polar surface area (TPSA) is 38.7 Å². The van der Waals surface area contributed by atoms with E-state index < -0.39 is 0 Å². The van der Waals surface area contributed by atoms with Crippen molar-refractivity contribution < 1.29 is 0 Å². The molecule has 0 radical (unpaired) electrons. The summed E-state index contributed by atoms with van der Waals surface area (Å²) in [4.78, 5) is 16.7. The van der Waals surface area contributed by atoms with Crippen LogP contribution in [0.25, 0.3) is 110 Å². The number of aromatic nitrogens is 3. The van der Waals surface area contributed by atoms with Gasteiger partial charge in [0.2, 0.25) is 0 Å². The lowest BCUT2D eigenvalue weighted by Gasteiger charge is -2.12. The average Bonchev–Trinajstić information content (AvgIpc) is 3.76. The second kappa shape index (κ2) is 15.8. The molecule has 0 spiro atoms. The zero-order valence-corrected chi connectivity index (χ0v) is 33.9. The molecule has 0 bridgehead atoms. The number of benzene rings is 8. The van der Waals surface area contributed by atoms with Crippen LogP contribution in [0.3, 0.4) is 0 Å². The lowest BCUT2D eigenvalue weighted by molar-refractivity contribution is 1.18. The van der Waals surface area contributed by atoms with E-state index in [9.17, 15) is 0 Å². The Balaban J connectivity index is 1.09. The molecular formula is C57H37N3S. The van der Waals surface area contributed by atoms with Crippen LogP contribution in [0.5, 0.6) is 0 Å². The first-order valence-electron chi connectivity index (χ1n) is 20.5. The number of pyridine rings is 1. The number of fused-ring (bicyclic) bond motifs is 3. The predicted octanol–water partition coefficient (Wildman–Crippen LogP) is 15.6. The minimum absolute atomic E-state index is 0.704. The summed E-state index contributed by atoms with van der Waals surface area (Å²) in [7, 11) is 0. The lowest BCUT2D eigenvalue weighted by Crippen LogP contribution is -1.96. The van der Waals surface area contributed by atoms with Crippen LogP contribution in [0.1, 0.15) is 0 Å². The summed E-state index contributed by atoms with van der Waals surface area (Å²) in [5, 5.41) is 2.38. The average molecular weight is 796 g/mol. The van der Waals surface area contributed by atoms with Crippen LogP contribution < -0.4 is 0 Å². The molecule has 8 aromatic carbocycles. The van der Waals surface area contributed by atoms with Crippen molar-refractivity contribution in [1.82, 2.24) is 15.0 Å². The smallest absolute Gasteiger partial charge is 0.160 e. The first kappa shape index (κ1) is 36.3. The fraction of sp³-hybridized carbons (Fsp3) is 0. The first-order valence-corrected chi connectivity index (χ1v) is 21.3. The number of para-hydroxylation sites is 1. The van der Waals surface area contributed by atoms with Gasteiger partial charge in [-0.25, -0.2) is 15.0 Å². The molecular weight excluding hydrogens is 759 g/mol. The van der Waals surface area contributed by atoms with E-state index in [1.165, 1.54) is 37.2 Å². The maximum Gasteiger partial charge on any atom is 0.160 e. The maximum absolute atomic E-state index is 5.34. The predicted molar refractivity (Wildman–Crippen MR) is 256 cm³/mol. The van der Waals surface area contributed by atoms with Crippen LogP contribution >= 0.6 is 11.3 Å². The summed E-state index contributed by atoms with van der Waals surface area (Å²) in [6, 6.07) is 79.2. The molecule has 0 saturated carbocycles. The molecule has 0 aliphatic heterocycles. The fourth-order valence-electron chi connectivity index (χ4n) is 8.33. The van der Waals surface area contributed by atoms with Crippen LogP contribution in [-0.2, 0) is 0 Å². The summed E-state index contributed by atoms with van der Waals surface area (Å²) in [6.07, 6.45) is 0. The zero-order valence-electron chi connectivity index (χ0n) is 33.1. The lowest BCUT2D eigenvalue weighted by atomic mass is 9.92. The summed E-state index contributed by atoms with van der Waals surface area (Å²) in [5.74, 6) is 0.704. The van der Waals surface area contributed by atoms with E-state index in [0.29, 0.717) is 5.82 Å². The quantitative estimate of drug-likeness (QED) is 0.154. The van der Waals surface area contributed by atoms with Crippen LogP contribution in [0.4, 0.5) is 0 Å². The molecule has 0 saturated heterocycles. The molecule has 3 heterocycles. The molecule has 3 aromatic heterocycles. The Morgan fingerprint density at radius 1 is 0.311 bits per heavy atom. The third-order valence-electron chi connectivity index (χ3n) is 11.3. The number of thiophene rings is 1. The Morgan fingerprint density at radius 2 is 0.770 bits per heavy atom. The van der Waals surface area contributed by atoms with Gasteiger partial charge in [0.25, 0.3) is 0 Å². The van der Waals surface area contributed by atoms with E-state index in [2.05, 4.69) is 200 Å². The normalized spacial score (nSPS) is 11.3. The van der Waals surface area contributed by atoms with Crippen molar-refractivity contribution in [1.29, 1.82) is 0 Å². The molecule has 4 heteroatoms. The van der Waals surface area contributed by atoms with Gasteiger partial charge in [-0.2, -0.15) is 0 Å². The van der Waals surface area contributed by atoms with Gasteiger partial charge in [0.1, 0.15) is 0 Å². The van der Waals surface area contributed by atoms with E-state index in [1.54, 1.807) is 0 Å². The van der Waals surface area contributed by atoms with E-state index in [0.717, 1.165) is 66.9 Å². The van der Waals surface area contributed by atoms with Crippen molar-refractivity contribution in [2.75, 3.05) is 0 Å². The number of rotatable bonds is 8. The van der Waals surface area contributed by atoms with Gasteiger partial charge in [0.05, 0.1) is 27.3 Å². The van der Waals surface area contributed by atoms with Gasteiger partial charge in [0, 0.05) is 43.5 Å². The number of hydrogen-bond donors (Lipinski definition) is 0. The van der Waals surface area contributed by atoms with Crippen molar-refractivity contribution >= 4 is 32.3 Å². The Bertz CT molecular complexity index is 3280. The number of nitrogens with zero attached hydrogens (tertiary/aromatic N) is 3. The van der Waals surface area contributed by atoms with Crippen LogP contribution in [0, 0.1) is 0 Å². The van der Waals surface area contributed by atoms with E-state index >= 15 is 0 Å². The molecule has 286 valence electrons. The van der Waals surface area contributed by atoms with E-state index in [4.69, 9.17) is 15.0 Å². The molecule has 0 unspecified atom stereocenters. The highest BCUT2D eigenvalue weighted by Crippen LogP contribution is 2.50. The molecule has 61 heavy (non-hydrogen) atoms. The van der Waals surface area contributed by atoms with Gasteiger partial charge in [0.15, 0.2) is 5.82 Å². The van der Waals surface area contributed by atoms with Crippen LogP contribution in [0.15, 0.2) is 224 Å². The molecule has 0 atom stereocenters. The standard InChI is InChI=1S/C57H37N3S/c1-5-18-38(19-6-1)42-26-16-30-46(35-42)52-53-48-32-13-14-33-49(48)58-54(40-22-9-3-10-23-40)56(53)61-55(52)47-31-17-28-44(36-47)43-27-15-29-45(34-43)51-37-50(39-20-7-2-8-21-39)59-57(60-51)41-24-11-4-12-25-41/h1-37H. The minimum Gasteiger partial charge on any atom is -0.246 e. The Kier molecular flexibility index (Phi) is 9.38. The van der Waals surface area contributed by atoms with Gasteiger partial charge < -0.3 is 0 Å². The van der Waals surface area contributed by atoms with Crippen molar-refractivity contribution in [3.63, 3.8) is 0 Å². The Hall–Kier alpha value is -7.79. The zero-order chi connectivity index (χ0) is 40.5. The SMILES string of the molecule is c1ccc(-c2cccc(-c3c(-c4cccc(-c5cccc(-c6cc(-c7ccccc7)nc(-c7ccccc7)n6)c5)c4)sc4c(-c5ccccc5)nc5ccccc5c34)c2)cc1. The largest absolute Gasteiger partial charge is 0.246 e.